The number of nitrogen functional groups attached to an aromatic ring is 1. The van der Waals surface area contributed by atoms with Gasteiger partial charge in [0.2, 0.25) is 5.75 Å². The Morgan fingerprint density at radius 2 is 1.68 bits per heavy atom. The van der Waals surface area contributed by atoms with Crippen LogP contribution in [0, 0.1) is 0 Å². The molecule has 2 atom stereocenters. The third kappa shape index (κ3) is 7.34. The Morgan fingerprint density at radius 1 is 1.00 bits per heavy atom. The first-order valence-electron chi connectivity index (χ1n) is 12.2. The number of benzene rings is 2. The van der Waals surface area contributed by atoms with Crippen LogP contribution in [0.25, 0.3) is 0 Å². The number of anilines is 2. The highest BCUT2D eigenvalue weighted by molar-refractivity contribution is 6.04. The number of aromatic nitrogens is 1. The average molecular weight is 509 g/mol. The molecule has 0 aliphatic heterocycles. The molecule has 9 heteroatoms. The minimum atomic E-state index is -0.370. The molecule has 0 saturated carbocycles. The largest absolute Gasteiger partial charge is 0.493 e. The van der Waals surface area contributed by atoms with Crippen molar-refractivity contribution in [2.75, 3.05) is 32.4 Å². The summed E-state index contributed by atoms with van der Waals surface area (Å²) < 4.78 is 22.6. The van der Waals surface area contributed by atoms with Crippen molar-refractivity contribution in [1.29, 1.82) is 0 Å². The quantitative estimate of drug-likeness (QED) is 0.302. The molecule has 2 aromatic carbocycles. The number of rotatable bonds is 13. The van der Waals surface area contributed by atoms with E-state index in [1.54, 1.807) is 51.8 Å². The minimum Gasteiger partial charge on any atom is -0.493 e. The Kier molecular flexibility index (Phi) is 10.1. The first kappa shape index (κ1) is 27.8. The van der Waals surface area contributed by atoms with Gasteiger partial charge in [0.25, 0.3) is 5.91 Å². The highest BCUT2D eigenvalue weighted by Gasteiger charge is 2.22. The second kappa shape index (κ2) is 13.5. The predicted molar refractivity (Wildman–Crippen MR) is 144 cm³/mol. The fourth-order valence-electron chi connectivity index (χ4n) is 3.99. The van der Waals surface area contributed by atoms with Crippen LogP contribution < -0.4 is 31.0 Å². The Balaban J connectivity index is 1.71. The fraction of sp³-hybridized carbons (Fsp3) is 0.357. The molecular weight excluding hydrogens is 472 g/mol. The van der Waals surface area contributed by atoms with Crippen LogP contribution in [-0.2, 0) is 11.3 Å². The molecule has 2 unspecified atom stereocenters. The number of hydrogen-bond donors (Lipinski definition) is 3. The Morgan fingerprint density at radius 3 is 2.24 bits per heavy atom. The molecule has 1 aromatic heterocycles. The first-order chi connectivity index (χ1) is 17.9. The fourth-order valence-corrected chi connectivity index (χ4v) is 3.99. The summed E-state index contributed by atoms with van der Waals surface area (Å²) in [5, 5.41) is 2.82. The molecule has 3 rings (SSSR count). The van der Waals surface area contributed by atoms with Crippen LogP contribution in [-0.4, -0.2) is 38.3 Å². The van der Waals surface area contributed by atoms with Gasteiger partial charge in [0.1, 0.15) is 5.82 Å². The van der Waals surface area contributed by atoms with E-state index in [1.165, 1.54) is 0 Å². The van der Waals surface area contributed by atoms with Gasteiger partial charge < -0.3 is 35.7 Å². The van der Waals surface area contributed by atoms with E-state index in [0.717, 1.165) is 30.4 Å². The zero-order valence-electron chi connectivity index (χ0n) is 21.8. The van der Waals surface area contributed by atoms with E-state index in [9.17, 15) is 4.79 Å². The SMILES string of the molecule is CCCCC(OCc1cc(OC)c(OC)c(OC)c1)C(N)c1ccc(C(=O)Nc2ccnc(N)c2)cc1. The monoisotopic (exact) mass is 508 g/mol. The molecule has 3 aromatic rings. The summed E-state index contributed by atoms with van der Waals surface area (Å²) in [6.07, 6.45) is 4.12. The van der Waals surface area contributed by atoms with Gasteiger partial charge in [-0.1, -0.05) is 31.9 Å². The molecule has 198 valence electrons. The van der Waals surface area contributed by atoms with Crippen LogP contribution in [0.5, 0.6) is 17.2 Å². The van der Waals surface area contributed by atoms with Crippen LogP contribution in [0.4, 0.5) is 11.5 Å². The molecule has 0 fully saturated rings. The molecule has 1 heterocycles. The number of methoxy groups -OCH3 is 3. The van der Waals surface area contributed by atoms with E-state index in [2.05, 4.69) is 17.2 Å². The molecule has 0 bridgehead atoms. The maximum absolute atomic E-state index is 12.6. The van der Waals surface area contributed by atoms with Crippen molar-refractivity contribution < 1.29 is 23.7 Å². The summed E-state index contributed by atoms with van der Waals surface area (Å²) >= 11 is 0. The molecule has 0 spiro atoms. The van der Waals surface area contributed by atoms with E-state index in [-0.39, 0.29) is 18.1 Å². The number of amides is 1. The zero-order chi connectivity index (χ0) is 26.8. The predicted octanol–water partition coefficient (Wildman–Crippen LogP) is 4.72. The van der Waals surface area contributed by atoms with E-state index >= 15 is 0 Å². The lowest BCUT2D eigenvalue weighted by Gasteiger charge is -2.25. The molecular formula is C28H36N4O5. The first-order valence-corrected chi connectivity index (χ1v) is 12.2. The lowest BCUT2D eigenvalue weighted by molar-refractivity contribution is 0.0160. The second-order valence-electron chi connectivity index (χ2n) is 8.60. The lowest BCUT2D eigenvalue weighted by atomic mass is 9.97. The number of nitrogens with zero attached hydrogens (tertiary/aromatic N) is 1. The van der Waals surface area contributed by atoms with Crippen LogP contribution in [0.1, 0.15) is 53.7 Å². The van der Waals surface area contributed by atoms with Gasteiger partial charge in [0.15, 0.2) is 11.5 Å². The standard InChI is InChI=1S/C28H36N4O5/c1-5-6-7-22(37-17-18-14-23(34-2)27(36-4)24(15-18)35-3)26(30)19-8-10-20(11-9-19)28(33)32-21-12-13-31-25(29)16-21/h8-16,22,26H,5-7,17,30H2,1-4H3,(H3,29,31,32,33). The number of carbonyl (C=O) groups is 1. The summed E-state index contributed by atoms with van der Waals surface area (Å²) in [5.41, 5.74) is 15.2. The van der Waals surface area contributed by atoms with Crippen LogP contribution in [0.15, 0.2) is 54.7 Å². The van der Waals surface area contributed by atoms with Crippen molar-refractivity contribution in [2.24, 2.45) is 5.73 Å². The summed E-state index contributed by atoms with van der Waals surface area (Å²) in [5.74, 6) is 1.76. The molecule has 0 aliphatic rings. The number of pyridine rings is 1. The number of nitrogens with one attached hydrogen (secondary N) is 1. The van der Waals surface area contributed by atoms with Crippen LogP contribution in [0.2, 0.25) is 0 Å². The van der Waals surface area contributed by atoms with Crippen molar-refractivity contribution >= 4 is 17.4 Å². The van der Waals surface area contributed by atoms with Gasteiger partial charge in [-0.15, -0.1) is 0 Å². The van der Waals surface area contributed by atoms with Gasteiger partial charge in [-0.25, -0.2) is 4.98 Å². The Bertz CT molecular complexity index is 1140. The second-order valence-corrected chi connectivity index (χ2v) is 8.60. The molecule has 37 heavy (non-hydrogen) atoms. The maximum atomic E-state index is 12.6. The van der Waals surface area contributed by atoms with Crippen molar-refractivity contribution in [1.82, 2.24) is 4.98 Å². The Labute approximate surface area is 218 Å². The van der Waals surface area contributed by atoms with Crippen molar-refractivity contribution in [2.45, 2.75) is 44.9 Å². The van der Waals surface area contributed by atoms with E-state index in [4.69, 9.17) is 30.4 Å². The maximum Gasteiger partial charge on any atom is 0.255 e. The third-order valence-electron chi connectivity index (χ3n) is 6.03. The van der Waals surface area contributed by atoms with Gasteiger partial charge >= 0.3 is 0 Å². The summed E-state index contributed by atoms with van der Waals surface area (Å²) in [6, 6.07) is 13.9. The molecule has 1 amide bonds. The van der Waals surface area contributed by atoms with Crippen molar-refractivity contribution in [3.63, 3.8) is 0 Å². The molecule has 0 radical (unpaired) electrons. The number of carbonyl (C=O) groups excluding carboxylic acids is 1. The van der Waals surface area contributed by atoms with Gasteiger partial charge in [0, 0.05) is 23.5 Å². The molecule has 0 saturated heterocycles. The number of ether oxygens (including phenoxy) is 4. The Hall–Kier alpha value is -3.82. The smallest absolute Gasteiger partial charge is 0.255 e. The van der Waals surface area contributed by atoms with Gasteiger partial charge in [-0.2, -0.15) is 0 Å². The van der Waals surface area contributed by atoms with Gasteiger partial charge in [-0.05, 0) is 47.9 Å². The van der Waals surface area contributed by atoms with Crippen molar-refractivity contribution in [3.8, 4) is 17.2 Å². The summed E-state index contributed by atoms with van der Waals surface area (Å²) in [6.45, 7) is 2.46. The van der Waals surface area contributed by atoms with Crippen LogP contribution >= 0.6 is 0 Å². The normalized spacial score (nSPS) is 12.5. The molecule has 5 N–H and O–H groups in total. The highest BCUT2D eigenvalue weighted by atomic mass is 16.5. The van der Waals surface area contributed by atoms with E-state index < -0.39 is 0 Å². The van der Waals surface area contributed by atoms with Crippen molar-refractivity contribution in [3.05, 3.63) is 71.4 Å². The highest BCUT2D eigenvalue weighted by Crippen LogP contribution is 2.38. The van der Waals surface area contributed by atoms with Crippen LogP contribution in [0.3, 0.4) is 0 Å². The lowest BCUT2D eigenvalue weighted by Crippen LogP contribution is -2.29. The number of hydrogen-bond acceptors (Lipinski definition) is 8. The topological polar surface area (TPSA) is 131 Å². The van der Waals surface area contributed by atoms with Gasteiger partial charge in [-0.3, -0.25) is 4.79 Å². The van der Waals surface area contributed by atoms with E-state index in [1.807, 2.05) is 24.3 Å². The molecule has 9 nitrogen and oxygen atoms in total. The minimum absolute atomic E-state index is 0.224. The van der Waals surface area contributed by atoms with Gasteiger partial charge in [0.05, 0.1) is 40.1 Å². The number of unbranched alkanes of at least 4 members (excludes halogenated alkanes) is 1. The zero-order valence-corrected chi connectivity index (χ0v) is 21.8. The van der Waals surface area contributed by atoms with E-state index in [0.29, 0.717) is 40.9 Å². The number of nitrogens with two attached hydrogens (primary N) is 2. The summed E-state index contributed by atoms with van der Waals surface area (Å²) in [7, 11) is 4.73. The third-order valence-corrected chi connectivity index (χ3v) is 6.03. The summed E-state index contributed by atoms with van der Waals surface area (Å²) in [4.78, 5) is 16.6. The molecule has 0 aliphatic carbocycles. The average Bonchev–Trinajstić information content (AvgIpc) is 2.92.